The zero-order valence-electron chi connectivity index (χ0n) is 16.7. The van der Waals surface area contributed by atoms with Gasteiger partial charge in [0.1, 0.15) is 5.82 Å². The minimum Gasteiger partial charge on any atom is -0.481 e. The van der Waals surface area contributed by atoms with Gasteiger partial charge in [0.2, 0.25) is 0 Å². The molecule has 8 nitrogen and oxygen atoms in total. The highest BCUT2D eigenvalue weighted by molar-refractivity contribution is 5.96. The predicted octanol–water partition coefficient (Wildman–Crippen LogP) is 2.74. The van der Waals surface area contributed by atoms with Crippen molar-refractivity contribution in [2.45, 2.75) is 0 Å². The topological polar surface area (TPSA) is 110 Å². The maximum Gasteiger partial charge on any atom is 0.287 e. The van der Waals surface area contributed by atoms with Gasteiger partial charge in [0, 0.05) is 30.4 Å². The third-order valence-electron chi connectivity index (χ3n) is 4.12. The van der Waals surface area contributed by atoms with Gasteiger partial charge in [-0.3, -0.25) is 14.4 Å². The van der Waals surface area contributed by atoms with Crippen LogP contribution < -0.4 is 20.7 Å². The molecule has 0 unspecified atom stereocenters. The van der Waals surface area contributed by atoms with Crippen LogP contribution in [0.4, 0.5) is 14.5 Å². The molecule has 1 heterocycles. The monoisotopic (exact) mass is 443 g/mol. The minimum absolute atomic E-state index is 0.183. The fraction of sp³-hybridized carbons (Fsp3) is 0.136. The predicted molar refractivity (Wildman–Crippen MR) is 110 cm³/mol. The first-order valence-corrected chi connectivity index (χ1v) is 9.50. The molecule has 3 amide bonds. The van der Waals surface area contributed by atoms with Crippen LogP contribution in [0.3, 0.4) is 0 Å². The van der Waals surface area contributed by atoms with Crippen molar-refractivity contribution in [3.63, 3.8) is 0 Å². The average molecular weight is 443 g/mol. The van der Waals surface area contributed by atoms with Crippen molar-refractivity contribution in [2.75, 3.05) is 25.0 Å². The number of furan rings is 1. The zero-order chi connectivity index (χ0) is 22.9. The molecule has 0 aliphatic carbocycles. The number of halogens is 2. The highest BCUT2D eigenvalue weighted by atomic mass is 19.1. The Morgan fingerprint density at radius 2 is 1.62 bits per heavy atom. The largest absolute Gasteiger partial charge is 0.481 e. The summed E-state index contributed by atoms with van der Waals surface area (Å²) >= 11 is 0. The van der Waals surface area contributed by atoms with E-state index in [1.807, 2.05) is 0 Å². The van der Waals surface area contributed by atoms with Crippen LogP contribution in [0.1, 0.15) is 20.9 Å². The van der Waals surface area contributed by atoms with E-state index in [1.54, 1.807) is 6.07 Å². The first-order valence-electron chi connectivity index (χ1n) is 9.50. The van der Waals surface area contributed by atoms with E-state index in [4.69, 9.17) is 9.15 Å². The Labute approximate surface area is 181 Å². The van der Waals surface area contributed by atoms with Crippen molar-refractivity contribution in [1.82, 2.24) is 10.6 Å². The highest BCUT2D eigenvalue weighted by Crippen LogP contribution is 2.17. The van der Waals surface area contributed by atoms with E-state index in [-0.39, 0.29) is 36.4 Å². The number of rotatable bonds is 9. The van der Waals surface area contributed by atoms with Crippen LogP contribution in [0.15, 0.2) is 65.3 Å². The smallest absolute Gasteiger partial charge is 0.287 e. The second kappa shape index (κ2) is 10.7. The molecular formula is C22H19F2N3O5. The summed E-state index contributed by atoms with van der Waals surface area (Å²) < 4.78 is 36.4. The third kappa shape index (κ3) is 6.39. The van der Waals surface area contributed by atoms with Crippen molar-refractivity contribution in [3.05, 3.63) is 83.8 Å². The van der Waals surface area contributed by atoms with Gasteiger partial charge in [-0.15, -0.1) is 0 Å². The second-order valence-electron chi connectivity index (χ2n) is 6.48. The van der Waals surface area contributed by atoms with Gasteiger partial charge in [0.05, 0.1) is 6.26 Å². The Morgan fingerprint density at radius 3 is 2.28 bits per heavy atom. The Hall–Kier alpha value is -4.21. The van der Waals surface area contributed by atoms with Crippen molar-refractivity contribution >= 4 is 23.4 Å². The summed E-state index contributed by atoms with van der Waals surface area (Å²) in [5.74, 6) is -3.01. The van der Waals surface area contributed by atoms with Crippen molar-refractivity contribution in [3.8, 4) is 5.75 Å². The summed E-state index contributed by atoms with van der Waals surface area (Å²) in [6.07, 6.45) is 1.39. The molecule has 0 saturated heterocycles. The van der Waals surface area contributed by atoms with E-state index in [0.29, 0.717) is 17.3 Å². The molecule has 0 bridgehead atoms. The number of ether oxygens (including phenoxy) is 1. The molecule has 0 fully saturated rings. The van der Waals surface area contributed by atoms with Gasteiger partial charge in [-0.2, -0.15) is 0 Å². The lowest BCUT2D eigenvalue weighted by molar-refractivity contribution is -0.118. The standard InChI is InChI=1S/C22H19F2N3O5/c23-15-5-8-18(17(24)12-15)32-13-20(28)27-16-6-3-14(4-7-16)21(29)25-9-10-26-22(30)19-2-1-11-31-19/h1-8,11-12H,9-10,13H2,(H,25,29)(H,26,30)(H,27,28). The van der Waals surface area contributed by atoms with Gasteiger partial charge in [-0.1, -0.05) is 0 Å². The van der Waals surface area contributed by atoms with E-state index >= 15 is 0 Å². The van der Waals surface area contributed by atoms with Crippen LogP contribution in [0.2, 0.25) is 0 Å². The van der Waals surface area contributed by atoms with Crippen molar-refractivity contribution in [2.24, 2.45) is 0 Å². The molecule has 0 aliphatic rings. The van der Waals surface area contributed by atoms with Crippen molar-refractivity contribution in [1.29, 1.82) is 0 Å². The number of nitrogens with one attached hydrogen (secondary N) is 3. The quantitative estimate of drug-likeness (QED) is 0.441. The van der Waals surface area contributed by atoms with Crippen LogP contribution in [-0.2, 0) is 4.79 Å². The molecule has 32 heavy (non-hydrogen) atoms. The highest BCUT2D eigenvalue weighted by Gasteiger charge is 2.10. The summed E-state index contributed by atoms with van der Waals surface area (Å²) in [7, 11) is 0. The molecule has 2 aromatic carbocycles. The summed E-state index contributed by atoms with van der Waals surface area (Å²) in [5, 5.41) is 7.80. The van der Waals surface area contributed by atoms with Gasteiger partial charge >= 0.3 is 0 Å². The number of hydrogen-bond donors (Lipinski definition) is 3. The fourth-order valence-corrected chi connectivity index (χ4v) is 2.59. The van der Waals surface area contributed by atoms with Crippen LogP contribution in [0, 0.1) is 11.6 Å². The molecule has 166 valence electrons. The molecule has 3 rings (SSSR count). The summed E-state index contributed by atoms with van der Waals surface area (Å²) in [6.45, 7) is -0.0520. The van der Waals surface area contributed by atoms with Gasteiger partial charge in [0.25, 0.3) is 17.7 Å². The van der Waals surface area contributed by atoms with Gasteiger partial charge in [-0.25, -0.2) is 8.78 Å². The Bertz CT molecular complexity index is 1090. The maximum absolute atomic E-state index is 13.5. The number of carbonyl (C=O) groups excluding carboxylic acids is 3. The van der Waals surface area contributed by atoms with Gasteiger partial charge in [-0.05, 0) is 48.5 Å². The molecule has 0 spiro atoms. The average Bonchev–Trinajstić information content (AvgIpc) is 3.31. The minimum atomic E-state index is -0.909. The van der Waals surface area contributed by atoms with Crippen LogP contribution in [-0.4, -0.2) is 37.4 Å². The Balaban J connectivity index is 1.40. The summed E-state index contributed by atoms with van der Waals surface area (Å²) in [5.41, 5.74) is 0.755. The summed E-state index contributed by atoms with van der Waals surface area (Å²) in [4.78, 5) is 35.8. The molecule has 1 aromatic heterocycles. The van der Waals surface area contributed by atoms with Crippen LogP contribution >= 0.6 is 0 Å². The van der Waals surface area contributed by atoms with Gasteiger partial charge in [0.15, 0.2) is 23.9 Å². The van der Waals surface area contributed by atoms with E-state index in [1.165, 1.54) is 36.6 Å². The number of hydrogen-bond acceptors (Lipinski definition) is 5. The van der Waals surface area contributed by atoms with E-state index in [2.05, 4.69) is 16.0 Å². The maximum atomic E-state index is 13.5. The molecule has 0 aliphatic heterocycles. The Kier molecular flexibility index (Phi) is 7.52. The second-order valence-corrected chi connectivity index (χ2v) is 6.48. The van der Waals surface area contributed by atoms with Gasteiger partial charge < -0.3 is 25.1 Å². The normalized spacial score (nSPS) is 10.3. The molecule has 3 N–H and O–H groups in total. The lowest BCUT2D eigenvalue weighted by Crippen LogP contribution is -2.34. The first-order chi connectivity index (χ1) is 15.4. The number of carbonyl (C=O) groups is 3. The fourth-order valence-electron chi connectivity index (χ4n) is 2.59. The van der Waals surface area contributed by atoms with Crippen LogP contribution in [0.25, 0.3) is 0 Å². The third-order valence-corrected chi connectivity index (χ3v) is 4.12. The summed E-state index contributed by atoms with van der Waals surface area (Å²) in [6, 6.07) is 11.9. The molecule has 3 aromatic rings. The van der Waals surface area contributed by atoms with E-state index in [0.717, 1.165) is 12.1 Å². The first kappa shape index (κ1) is 22.5. The van der Waals surface area contributed by atoms with E-state index in [9.17, 15) is 23.2 Å². The molecule has 0 atom stereocenters. The van der Waals surface area contributed by atoms with Crippen LogP contribution in [0.5, 0.6) is 5.75 Å². The van der Waals surface area contributed by atoms with Crippen molar-refractivity contribution < 1.29 is 32.3 Å². The SMILES string of the molecule is O=C(COc1ccc(F)cc1F)Nc1ccc(C(=O)NCCNC(=O)c2ccco2)cc1. The number of amides is 3. The molecule has 0 radical (unpaired) electrons. The lowest BCUT2D eigenvalue weighted by Gasteiger charge is -2.09. The number of anilines is 1. The molecular weight excluding hydrogens is 424 g/mol. The Morgan fingerprint density at radius 1 is 0.906 bits per heavy atom. The zero-order valence-corrected chi connectivity index (χ0v) is 16.7. The number of benzene rings is 2. The lowest BCUT2D eigenvalue weighted by atomic mass is 10.2. The van der Waals surface area contributed by atoms with E-state index < -0.39 is 24.1 Å². The molecule has 10 heteroatoms. The molecule has 0 saturated carbocycles.